The number of esters is 1. The summed E-state index contributed by atoms with van der Waals surface area (Å²) in [5, 5.41) is 0. The topological polar surface area (TPSA) is 52.3 Å². The lowest BCUT2D eigenvalue weighted by atomic mass is 10.1. The predicted molar refractivity (Wildman–Crippen MR) is 98.7 cm³/mol. The lowest BCUT2D eigenvalue weighted by molar-refractivity contribution is -0.145. The van der Waals surface area contributed by atoms with Crippen molar-refractivity contribution in [2.45, 2.75) is 70.8 Å². The summed E-state index contributed by atoms with van der Waals surface area (Å²) < 4.78 is 5.26. The van der Waals surface area contributed by atoms with Crippen molar-refractivity contribution in [1.82, 2.24) is 0 Å². The van der Waals surface area contributed by atoms with E-state index < -0.39 is 0 Å². The third-order valence-electron chi connectivity index (χ3n) is 3.83. The van der Waals surface area contributed by atoms with Crippen molar-refractivity contribution in [1.29, 1.82) is 0 Å². The quantitative estimate of drug-likeness (QED) is 0.405. The van der Waals surface area contributed by atoms with Crippen LogP contribution in [0.3, 0.4) is 0 Å². The van der Waals surface area contributed by atoms with Crippen LogP contribution in [0.25, 0.3) is 0 Å². The number of unbranched alkanes of at least 4 members (excludes halogenated alkanes) is 8. The van der Waals surface area contributed by atoms with Crippen molar-refractivity contribution >= 4 is 18.4 Å². The summed E-state index contributed by atoms with van der Waals surface area (Å²) in [5.74, 6) is -0.0781. The molecule has 0 fully saturated rings. The molecule has 0 amide bonds. The molecule has 0 aliphatic rings. The van der Waals surface area contributed by atoms with Crippen LogP contribution in [-0.4, -0.2) is 12.5 Å². The summed E-state index contributed by atoms with van der Waals surface area (Å²) in [4.78, 5) is 11.6. The third kappa shape index (κ3) is 13.1. The number of hydrogen-bond donors (Lipinski definition) is 1. The van der Waals surface area contributed by atoms with Crippen LogP contribution < -0.4 is 5.73 Å². The summed E-state index contributed by atoms with van der Waals surface area (Å²) in [7, 11) is 0. The average Bonchev–Trinajstić information content (AvgIpc) is 2.55. The minimum Gasteiger partial charge on any atom is -0.461 e. The Labute approximate surface area is 147 Å². The Kier molecular flexibility index (Phi) is 15.1. The molecule has 0 spiro atoms. The van der Waals surface area contributed by atoms with E-state index in [1.807, 2.05) is 30.3 Å². The Morgan fingerprint density at radius 2 is 1.35 bits per heavy atom. The Morgan fingerprint density at radius 1 is 0.826 bits per heavy atom. The van der Waals surface area contributed by atoms with Crippen LogP contribution in [0.5, 0.6) is 0 Å². The second-order valence-electron chi connectivity index (χ2n) is 5.87. The molecule has 0 saturated carbocycles. The first-order valence-corrected chi connectivity index (χ1v) is 8.72. The van der Waals surface area contributed by atoms with Crippen LogP contribution in [0, 0.1) is 0 Å². The highest BCUT2D eigenvalue weighted by molar-refractivity contribution is 5.85. The summed E-state index contributed by atoms with van der Waals surface area (Å²) in [6, 6.07) is 9.82. The molecule has 23 heavy (non-hydrogen) atoms. The van der Waals surface area contributed by atoms with E-state index >= 15 is 0 Å². The zero-order valence-corrected chi connectivity index (χ0v) is 15.0. The normalized spacial score (nSPS) is 10.1. The van der Waals surface area contributed by atoms with Crippen molar-refractivity contribution in [2.75, 3.05) is 6.54 Å². The molecule has 1 rings (SSSR count). The minimum atomic E-state index is -0.0781. The summed E-state index contributed by atoms with van der Waals surface area (Å²) in [6.07, 6.45) is 11.5. The molecule has 0 saturated heterocycles. The number of halogens is 1. The first-order valence-electron chi connectivity index (χ1n) is 8.72. The van der Waals surface area contributed by atoms with Crippen molar-refractivity contribution in [2.24, 2.45) is 5.73 Å². The predicted octanol–water partition coefficient (Wildman–Crippen LogP) is 5.01. The maximum atomic E-state index is 11.6. The Hall–Kier alpha value is -1.06. The monoisotopic (exact) mass is 341 g/mol. The summed E-state index contributed by atoms with van der Waals surface area (Å²) >= 11 is 0. The number of rotatable bonds is 13. The zero-order valence-electron chi connectivity index (χ0n) is 14.2. The van der Waals surface area contributed by atoms with E-state index in [2.05, 4.69) is 0 Å². The van der Waals surface area contributed by atoms with Crippen LogP contribution in [0.1, 0.15) is 69.8 Å². The molecule has 1 aromatic carbocycles. The summed E-state index contributed by atoms with van der Waals surface area (Å²) in [5.41, 5.74) is 6.51. The first-order chi connectivity index (χ1) is 10.8. The molecule has 0 bridgehead atoms. The van der Waals surface area contributed by atoms with Gasteiger partial charge in [0.1, 0.15) is 6.61 Å². The van der Waals surface area contributed by atoms with Gasteiger partial charge < -0.3 is 10.5 Å². The van der Waals surface area contributed by atoms with E-state index in [4.69, 9.17) is 10.5 Å². The van der Waals surface area contributed by atoms with Crippen molar-refractivity contribution in [3.8, 4) is 0 Å². The van der Waals surface area contributed by atoms with Gasteiger partial charge in [-0.15, -0.1) is 12.4 Å². The number of ether oxygens (including phenoxy) is 1. The molecule has 0 unspecified atom stereocenters. The van der Waals surface area contributed by atoms with Crippen LogP contribution in [0.15, 0.2) is 30.3 Å². The fourth-order valence-corrected chi connectivity index (χ4v) is 2.46. The Morgan fingerprint density at radius 3 is 1.91 bits per heavy atom. The highest BCUT2D eigenvalue weighted by atomic mass is 35.5. The van der Waals surface area contributed by atoms with Crippen LogP contribution in [-0.2, 0) is 16.1 Å². The molecule has 0 aliphatic heterocycles. The molecule has 3 nitrogen and oxygen atoms in total. The molecule has 0 heterocycles. The molecule has 2 N–H and O–H groups in total. The van der Waals surface area contributed by atoms with Gasteiger partial charge in [0.15, 0.2) is 0 Å². The van der Waals surface area contributed by atoms with E-state index in [0.29, 0.717) is 13.0 Å². The Balaban J connectivity index is 0.00000484. The highest BCUT2D eigenvalue weighted by Gasteiger charge is 2.03. The van der Waals surface area contributed by atoms with E-state index in [1.165, 1.54) is 38.5 Å². The number of carbonyl (C=O) groups excluding carboxylic acids is 1. The van der Waals surface area contributed by atoms with Crippen molar-refractivity contribution < 1.29 is 9.53 Å². The molecule has 1 aromatic rings. The average molecular weight is 342 g/mol. The molecule has 0 aliphatic carbocycles. The van der Waals surface area contributed by atoms with E-state index in [9.17, 15) is 4.79 Å². The Bertz CT molecular complexity index is 384. The van der Waals surface area contributed by atoms with Gasteiger partial charge in [-0.25, -0.2) is 0 Å². The third-order valence-corrected chi connectivity index (χ3v) is 3.83. The van der Waals surface area contributed by atoms with Crippen molar-refractivity contribution in [3.63, 3.8) is 0 Å². The second kappa shape index (κ2) is 15.8. The fraction of sp³-hybridized carbons (Fsp3) is 0.632. The maximum Gasteiger partial charge on any atom is 0.306 e. The van der Waals surface area contributed by atoms with Gasteiger partial charge in [-0.1, -0.05) is 75.3 Å². The van der Waals surface area contributed by atoms with Gasteiger partial charge in [0.05, 0.1) is 0 Å². The molecular weight excluding hydrogens is 310 g/mol. The van der Waals surface area contributed by atoms with Crippen LogP contribution >= 0.6 is 12.4 Å². The van der Waals surface area contributed by atoms with E-state index in [1.54, 1.807) is 0 Å². The summed E-state index contributed by atoms with van der Waals surface area (Å²) in [6.45, 7) is 1.21. The fourth-order valence-electron chi connectivity index (χ4n) is 2.46. The van der Waals surface area contributed by atoms with Gasteiger partial charge in [0.2, 0.25) is 0 Å². The van der Waals surface area contributed by atoms with Crippen LogP contribution in [0.2, 0.25) is 0 Å². The number of nitrogens with two attached hydrogens (primary N) is 1. The number of benzene rings is 1. The zero-order chi connectivity index (χ0) is 15.9. The SMILES string of the molecule is Cl.NCCCCCCCCCCCC(=O)OCc1ccccc1. The van der Waals surface area contributed by atoms with Gasteiger partial charge >= 0.3 is 5.97 Å². The van der Waals surface area contributed by atoms with Crippen molar-refractivity contribution in [3.05, 3.63) is 35.9 Å². The van der Waals surface area contributed by atoms with Crippen LogP contribution in [0.4, 0.5) is 0 Å². The molecule has 0 radical (unpaired) electrons. The van der Waals surface area contributed by atoms with E-state index in [-0.39, 0.29) is 18.4 Å². The second-order valence-corrected chi connectivity index (χ2v) is 5.87. The van der Waals surface area contributed by atoms with Gasteiger partial charge in [-0.2, -0.15) is 0 Å². The minimum absolute atomic E-state index is 0. The molecule has 0 atom stereocenters. The lowest BCUT2D eigenvalue weighted by Crippen LogP contribution is -2.04. The first kappa shape index (κ1) is 21.9. The smallest absolute Gasteiger partial charge is 0.306 e. The maximum absolute atomic E-state index is 11.6. The largest absolute Gasteiger partial charge is 0.461 e. The standard InChI is InChI=1S/C19H31NO2.ClH/c20-16-12-7-5-3-1-2-4-6-11-15-19(21)22-17-18-13-9-8-10-14-18;/h8-10,13-14H,1-7,11-12,15-17,20H2;1H. The highest BCUT2D eigenvalue weighted by Crippen LogP contribution is 2.11. The molecule has 132 valence electrons. The van der Waals surface area contributed by atoms with Gasteiger partial charge in [-0.3, -0.25) is 4.79 Å². The lowest BCUT2D eigenvalue weighted by Gasteiger charge is -2.05. The van der Waals surface area contributed by atoms with Gasteiger partial charge in [-0.05, 0) is 24.9 Å². The number of hydrogen-bond acceptors (Lipinski definition) is 3. The molecule has 4 heteroatoms. The van der Waals surface area contributed by atoms with Gasteiger partial charge in [0, 0.05) is 6.42 Å². The molecular formula is C19H32ClNO2. The van der Waals surface area contributed by atoms with E-state index in [0.717, 1.165) is 31.4 Å². The number of carbonyl (C=O) groups is 1. The molecule has 0 aromatic heterocycles. The van der Waals surface area contributed by atoms with Gasteiger partial charge in [0.25, 0.3) is 0 Å².